The summed E-state index contributed by atoms with van der Waals surface area (Å²) >= 11 is 1.58. The minimum Gasteiger partial charge on any atom is -0.464 e. The first-order valence-corrected chi connectivity index (χ1v) is 11.7. The Morgan fingerprint density at radius 3 is 2.48 bits per heavy atom. The van der Waals surface area contributed by atoms with E-state index in [9.17, 15) is 9.59 Å². The number of furan rings is 1. The Kier molecular flexibility index (Phi) is 6.87. The molecule has 4 rings (SSSR count). The lowest BCUT2D eigenvalue weighted by molar-refractivity contribution is -0.141. The van der Waals surface area contributed by atoms with Gasteiger partial charge in [0.15, 0.2) is 0 Å². The van der Waals surface area contributed by atoms with Gasteiger partial charge in [-0.2, -0.15) is 0 Å². The van der Waals surface area contributed by atoms with Crippen LogP contribution < -0.4 is 0 Å². The second kappa shape index (κ2) is 9.96. The monoisotopic (exact) mass is 436 g/mol. The van der Waals surface area contributed by atoms with Crippen LogP contribution in [0.25, 0.3) is 0 Å². The lowest BCUT2D eigenvalue weighted by atomic mass is 10.1. The standard InChI is InChI=1S/C25H28N2O3S/c1-19-9-12-22(30-19)17-26(14-13-20-6-3-2-4-7-20)25(29)18-27(21-10-11-21)24(28)16-23-8-5-15-31-23/h2-9,12,15,21H,10-11,13-14,16-18H2,1H3. The SMILES string of the molecule is Cc1ccc(CN(CCc2ccccc2)C(=O)CN(C(=O)Cc2cccs2)C2CC2)o1. The van der Waals surface area contributed by atoms with Crippen LogP contribution in [-0.2, 0) is 29.0 Å². The van der Waals surface area contributed by atoms with Gasteiger partial charge in [0.25, 0.3) is 0 Å². The van der Waals surface area contributed by atoms with E-state index in [-0.39, 0.29) is 24.4 Å². The molecular formula is C25H28N2O3S. The average molecular weight is 437 g/mol. The van der Waals surface area contributed by atoms with E-state index in [1.165, 1.54) is 5.56 Å². The molecule has 2 aromatic heterocycles. The number of thiophene rings is 1. The molecule has 3 aromatic rings. The van der Waals surface area contributed by atoms with Gasteiger partial charge in [-0.05, 0) is 55.3 Å². The highest BCUT2D eigenvalue weighted by Crippen LogP contribution is 2.28. The van der Waals surface area contributed by atoms with Crippen LogP contribution in [0.2, 0.25) is 0 Å². The lowest BCUT2D eigenvalue weighted by Gasteiger charge is -2.27. The molecule has 0 N–H and O–H groups in total. The predicted octanol–water partition coefficient (Wildman–Crippen LogP) is 4.45. The summed E-state index contributed by atoms with van der Waals surface area (Å²) in [6.45, 7) is 3.03. The number of carbonyl (C=O) groups is 2. The van der Waals surface area contributed by atoms with Crippen molar-refractivity contribution < 1.29 is 14.0 Å². The van der Waals surface area contributed by atoms with E-state index in [1.54, 1.807) is 16.2 Å². The van der Waals surface area contributed by atoms with Crippen LogP contribution >= 0.6 is 11.3 Å². The van der Waals surface area contributed by atoms with Crippen LogP contribution in [0.3, 0.4) is 0 Å². The second-order valence-electron chi connectivity index (χ2n) is 8.07. The topological polar surface area (TPSA) is 53.8 Å². The molecule has 5 nitrogen and oxygen atoms in total. The Hall–Kier alpha value is -2.86. The minimum absolute atomic E-state index is 0.0311. The smallest absolute Gasteiger partial charge is 0.242 e. The van der Waals surface area contributed by atoms with E-state index in [4.69, 9.17) is 4.42 Å². The molecule has 1 saturated carbocycles. The molecule has 0 radical (unpaired) electrons. The predicted molar refractivity (Wildman–Crippen MR) is 122 cm³/mol. The van der Waals surface area contributed by atoms with Crippen molar-refractivity contribution in [2.75, 3.05) is 13.1 Å². The summed E-state index contributed by atoms with van der Waals surface area (Å²) in [4.78, 5) is 30.9. The van der Waals surface area contributed by atoms with Crippen molar-refractivity contribution in [1.82, 2.24) is 9.80 Å². The Morgan fingerprint density at radius 1 is 1.03 bits per heavy atom. The third kappa shape index (κ3) is 6.07. The van der Waals surface area contributed by atoms with Gasteiger partial charge in [-0.25, -0.2) is 0 Å². The van der Waals surface area contributed by atoms with Gasteiger partial charge in [0.2, 0.25) is 11.8 Å². The van der Waals surface area contributed by atoms with Crippen molar-refractivity contribution in [1.29, 1.82) is 0 Å². The van der Waals surface area contributed by atoms with E-state index in [0.29, 0.717) is 19.5 Å². The van der Waals surface area contributed by atoms with Crippen LogP contribution in [-0.4, -0.2) is 40.7 Å². The quantitative estimate of drug-likeness (QED) is 0.472. The van der Waals surface area contributed by atoms with E-state index in [2.05, 4.69) is 12.1 Å². The van der Waals surface area contributed by atoms with Crippen molar-refractivity contribution in [2.45, 2.75) is 45.2 Å². The number of carbonyl (C=O) groups excluding carboxylic acids is 2. The summed E-state index contributed by atoms with van der Waals surface area (Å²) in [5.41, 5.74) is 1.18. The molecule has 0 bridgehead atoms. The van der Waals surface area contributed by atoms with Gasteiger partial charge in [-0.15, -0.1) is 11.3 Å². The number of benzene rings is 1. The van der Waals surface area contributed by atoms with Crippen LogP contribution in [0, 0.1) is 6.92 Å². The molecule has 162 valence electrons. The zero-order chi connectivity index (χ0) is 21.6. The number of amides is 2. The fourth-order valence-corrected chi connectivity index (χ4v) is 4.37. The third-order valence-corrected chi connectivity index (χ3v) is 6.40. The number of nitrogens with zero attached hydrogens (tertiary/aromatic N) is 2. The summed E-state index contributed by atoms with van der Waals surface area (Å²) in [5.74, 6) is 1.60. The van der Waals surface area contributed by atoms with E-state index >= 15 is 0 Å². The Labute approximate surface area is 187 Å². The highest BCUT2D eigenvalue weighted by molar-refractivity contribution is 7.10. The largest absolute Gasteiger partial charge is 0.464 e. The van der Waals surface area contributed by atoms with Gasteiger partial charge in [0.05, 0.1) is 13.0 Å². The highest BCUT2D eigenvalue weighted by Gasteiger charge is 2.34. The summed E-state index contributed by atoms with van der Waals surface area (Å²) in [5, 5.41) is 1.98. The molecular weight excluding hydrogens is 408 g/mol. The molecule has 2 heterocycles. The molecule has 0 atom stereocenters. The lowest BCUT2D eigenvalue weighted by Crippen LogP contribution is -2.44. The van der Waals surface area contributed by atoms with E-state index < -0.39 is 0 Å². The first-order valence-electron chi connectivity index (χ1n) is 10.8. The van der Waals surface area contributed by atoms with Crippen molar-refractivity contribution in [3.63, 3.8) is 0 Å². The van der Waals surface area contributed by atoms with Crippen molar-refractivity contribution in [2.24, 2.45) is 0 Å². The van der Waals surface area contributed by atoms with Gasteiger partial charge in [-0.1, -0.05) is 36.4 Å². The molecule has 1 aromatic carbocycles. The zero-order valence-electron chi connectivity index (χ0n) is 17.8. The zero-order valence-corrected chi connectivity index (χ0v) is 18.6. The number of hydrogen-bond donors (Lipinski definition) is 0. The van der Waals surface area contributed by atoms with Crippen molar-refractivity contribution in [3.05, 3.63) is 81.9 Å². The fraction of sp³-hybridized carbons (Fsp3) is 0.360. The van der Waals surface area contributed by atoms with Crippen LogP contribution in [0.5, 0.6) is 0 Å². The van der Waals surface area contributed by atoms with Crippen molar-refractivity contribution in [3.8, 4) is 0 Å². The molecule has 1 aliphatic carbocycles. The first kappa shape index (κ1) is 21.4. The maximum atomic E-state index is 13.3. The van der Waals surface area contributed by atoms with Crippen molar-refractivity contribution >= 4 is 23.2 Å². The molecule has 0 saturated heterocycles. The maximum Gasteiger partial charge on any atom is 0.242 e. The van der Waals surface area contributed by atoms with Gasteiger partial charge < -0.3 is 14.2 Å². The van der Waals surface area contributed by atoms with Gasteiger partial charge in [0, 0.05) is 17.5 Å². The van der Waals surface area contributed by atoms with Crippen LogP contribution in [0.15, 0.2) is 64.4 Å². The Balaban J connectivity index is 1.44. The molecule has 0 spiro atoms. The molecule has 0 aliphatic heterocycles. The molecule has 0 unspecified atom stereocenters. The van der Waals surface area contributed by atoms with Gasteiger partial charge in [0.1, 0.15) is 18.1 Å². The minimum atomic E-state index is -0.0311. The summed E-state index contributed by atoms with van der Waals surface area (Å²) < 4.78 is 5.73. The fourth-order valence-electron chi connectivity index (χ4n) is 3.68. The average Bonchev–Trinajstić information content (AvgIpc) is 3.32. The van der Waals surface area contributed by atoms with Gasteiger partial charge >= 0.3 is 0 Å². The molecule has 31 heavy (non-hydrogen) atoms. The Morgan fingerprint density at radius 2 is 1.84 bits per heavy atom. The van der Waals surface area contributed by atoms with E-state index in [1.807, 2.05) is 59.7 Å². The second-order valence-corrected chi connectivity index (χ2v) is 9.10. The molecule has 1 fully saturated rings. The Bertz CT molecular complexity index is 993. The normalized spacial score (nSPS) is 13.2. The highest BCUT2D eigenvalue weighted by atomic mass is 32.1. The number of aryl methyl sites for hydroxylation is 1. The maximum absolute atomic E-state index is 13.3. The van der Waals surface area contributed by atoms with Gasteiger partial charge in [-0.3, -0.25) is 9.59 Å². The van der Waals surface area contributed by atoms with Crippen LogP contribution in [0.1, 0.15) is 34.8 Å². The molecule has 2 amide bonds. The van der Waals surface area contributed by atoms with E-state index in [0.717, 1.165) is 35.7 Å². The summed E-state index contributed by atoms with van der Waals surface area (Å²) in [7, 11) is 0. The molecule has 6 heteroatoms. The number of rotatable bonds is 10. The summed E-state index contributed by atoms with van der Waals surface area (Å²) in [6, 6.07) is 18.1. The molecule has 1 aliphatic rings. The number of hydrogen-bond acceptors (Lipinski definition) is 4. The third-order valence-electron chi connectivity index (χ3n) is 5.53. The summed E-state index contributed by atoms with van der Waals surface area (Å²) in [6.07, 6.45) is 3.08. The first-order chi connectivity index (χ1) is 15.1. The van der Waals surface area contributed by atoms with Crippen LogP contribution in [0.4, 0.5) is 0 Å².